The summed E-state index contributed by atoms with van der Waals surface area (Å²) in [5, 5.41) is 2.15. The average molecular weight is 361 g/mol. The maximum Gasteiger partial charge on any atom is 0.0618 e. The predicted octanol–water partition coefficient (Wildman–Crippen LogP) is 5.15. The Kier molecular flexibility index (Phi) is 3.81. The largest absolute Gasteiger partial charge is 0.297 e. The molecule has 26 heavy (non-hydrogen) atoms. The smallest absolute Gasteiger partial charge is 0.0618 e. The number of halogens is 1. The Bertz CT molecular complexity index is 1050. The molecule has 2 aromatic carbocycles. The molecule has 0 aliphatic carbocycles. The van der Waals surface area contributed by atoms with Crippen LogP contribution in [0.2, 0.25) is 5.02 Å². The third kappa shape index (κ3) is 2.63. The lowest BCUT2D eigenvalue weighted by atomic mass is 9.85. The van der Waals surface area contributed by atoms with Gasteiger partial charge in [0.1, 0.15) is 0 Å². The van der Waals surface area contributed by atoms with E-state index >= 15 is 0 Å². The molecule has 2 nitrogen and oxygen atoms in total. The van der Waals surface area contributed by atoms with Gasteiger partial charge in [-0.2, -0.15) is 0 Å². The van der Waals surface area contributed by atoms with Crippen molar-refractivity contribution in [3.63, 3.8) is 0 Å². The summed E-state index contributed by atoms with van der Waals surface area (Å²) in [6.45, 7) is 5.60. The fourth-order valence-corrected chi connectivity index (χ4v) is 4.65. The van der Waals surface area contributed by atoms with Crippen molar-refractivity contribution in [1.82, 2.24) is 9.47 Å². The number of nitrogens with zero attached hydrogens (tertiary/aromatic N) is 2. The second-order valence-corrected chi connectivity index (χ2v) is 7.97. The first-order valence-corrected chi connectivity index (χ1v) is 9.70. The van der Waals surface area contributed by atoms with Crippen molar-refractivity contribution in [2.75, 3.05) is 13.1 Å². The zero-order valence-corrected chi connectivity index (χ0v) is 15.7. The molecule has 1 saturated heterocycles. The number of hydrogen-bond acceptors (Lipinski definition) is 1. The van der Waals surface area contributed by atoms with Gasteiger partial charge in [0.25, 0.3) is 0 Å². The highest BCUT2D eigenvalue weighted by molar-refractivity contribution is 6.30. The topological polar surface area (TPSA) is 8.17 Å². The Balaban J connectivity index is 1.70. The van der Waals surface area contributed by atoms with Gasteiger partial charge in [0, 0.05) is 35.1 Å². The van der Waals surface area contributed by atoms with Crippen LogP contribution in [0.4, 0.5) is 0 Å². The molecule has 5 rings (SSSR count). The Labute approximate surface area is 159 Å². The van der Waals surface area contributed by atoms with Crippen molar-refractivity contribution >= 4 is 22.5 Å². The minimum atomic E-state index is 0.649. The second-order valence-electron chi connectivity index (χ2n) is 7.53. The minimum Gasteiger partial charge on any atom is -0.297 e. The van der Waals surface area contributed by atoms with Crippen LogP contribution in [-0.2, 0) is 6.54 Å². The molecular weight excluding hydrogens is 340 g/mol. The van der Waals surface area contributed by atoms with Crippen LogP contribution in [0.5, 0.6) is 0 Å². The van der Waals surface area contributed by atoms with Gasteiger partial charge in [0.15, 0.2) is 0 Å². The zero-order chi connectivity index (χ0) is 17.7. The van der Waals surface area contributed by atoms with Crippen molar-refractivity contribution < 1.29 is 0 Å². The summed E-state index contributed by atoms with van der Waals surface area (Å²) in [5.41, 5.74) is 6.50. The van der Waals surface area contributed by atoms with Crippen LogP contribution >= 0.6 is 11.6 Å². The summed E-state index contributed by atoms with van der Waals surface area (Å²) in [6.07, 6.45) is 2.60. The van der Waals surface area contributed by atoms with Crippen LogP contribution in [-0.4, -0.2) is 22.6 Å². The summed E-state index contributed by atoms with van der Waals surface area (Å²) in [7, 11) is 0. The molecule has 2 aliphatic rings. The number of aryl methyl sites for hydroxylation is 1. The maximum absolute atomic E-state index is 5.99. The standard InChI is InChI=1S/C23H21ClN2/c1-16-4-9-21-20(13-16)23-18-3-2-11-25(14-18)15-22(23)26(21)12-10-17-5-7-19(24)8-6-17/h4-9,13,18H,2-3,11,14-15H2,1H3. The fourth-order valence-electron chi connectivity index (χ4n) is 4.52. The van der Waals surface area contributed by atoms with Crippen LogP contribution < -0.4 is 0 Å². The lowest BCUT2D eigenvalue weighted by Crippen LogP contribution is -2.38. The van der Waals surface area contributed by atoms with Crippen LogP contribution in [0.1, 0.15) is 41.1 Å². The van der Waals surface area contributed by atoms with E-state index in [-0.39, 0.29) is 0 Å². The van der Waals surface area contributed by atoms with E-state index in [4.69, 9.17) is 11.6 Å². The number of rotatable bonds is 0. The lowest BCUT2D eigenvalue weighted by molar-refractivity contribution is 0.179. The van der Waals surface area contributed by atoms with E-state index in [1.165, 1.54) is 48.1 Å². The summed E-state index contributed by atoms with van der Waals surface area (Å²) >= 11 is 5.99. The van der Waals surface area contributed by atoms with Crippen LogP contribution in [0, 0.1) is 18.9 Å². The zero-order valence-electron chi connectivity index (χ0n) is 14.9. The Morgan fingerprint density at radius 2 is 1.96 bits per heavy atom. The third-order valence-electron chi connectivity index (χ3n) is 5.71. The first-order valence-electron chi connectivity index (χ1n) is 9.33. The van der Waals surface area contributed by atoms with Gasteiger partial charge in [-0.05, 0) is 80.1 Å². The lowest BCUT2D eigenvalue weighted by Gasteiger charge is -2.38. The summed E-state index contributed by atoms with van der Waals surface area (Å²) in [6, 6.07) is 18.0. The van der Waals surface area contributed by atoms with Gasteiger partial charge in [-0.3, -0.25) is 9.47 Å². The average Bonchev–Trinajstić information content (AvgIpc) is 2.94. The van der Waals surface area contributed by atoms with Gasteiger partial charge in [-0.1, -0.05) is 23.2 Å². The quantitative estimate of drug-likeness (QED) is 0.503. The highest BCUT2D eigenvalue weighted by atomic mass is 35.5. The molecule has 3 heteroatoms. The van der Waals surface area contributed by atoms with E-state index in [2.05, 4.69) is 46.6 Å². The third-order valence-corrected chi connectivity index (χ3v) is 5.96. The first kappa shape index (κ1) is 16.0. The van der Waals surface area contributed by atoms with Crippen LogP contribution in [0.3, 0.4) is 0 Å². The van der Waals surface area contributed by atoms with E-state index in [9.17, 15) is 0 Å². The first-order chi connectivity index (χ1) is 12.7. The molecule has 1 aromatic heterocycles. The predicted molar refractivity (Wildman–Crippen MR) is 108 cm³/mol. The van der Waals surface area contributed by atoms with Gasteiger partial charge in [-0.25, -0.2) is 0 Å². The molecular formula is C23H21ClN2. The number of piperidine rings is 1. The molecule has 2 bridgehead atoms. The van der Waals surface area contributed by atoms with Crippen molar-refractivity contribution in [2.24, 2.45) is 0 Å². The Morgan fingerprint density at radius 1 is 1.12 bits per heavy atom. The van der Waals surface area contributed by atoms with Crippen LogP contribution in [0.25, 0.3) is 10.9 Å². The normalized spacial score (nSPS) is 21.2. The van der Waals surface area contributed by atoms with E-state index in [0.29, 0.717) is 5.92 Å². The molecule has 130 valence electrons. The van der Waals surface area contributed by atoms with Gasteiger partial charge < -0.3 is 0 Å². The number of hydrogen-bond donors (Lipinski definition) is 0. The van der Waals surface area contributed by atoms with Crippen molar-refractivity contribution in [3.8, 4) is 12.0 Å². The fraction of sp³-hybridized carbons (Fsp3) is 0.304. The van der Waals surface area contributed by atoms with E-state index in [1.807, 2.05) is 24.3 Å². The molecule has 0 spiro atoms. The summed E-state index contributed by atoms with van der Waals surface area (Å²) < 4.78 is 2.24. The molecule has 2 unspecified atom stereocenters. The number of benzene rings is 2. The molecule has 0 saturated carbocycles. The molecule has 0 N–H and O–H groups in total. The van der Waals surface area contributed by atoms with Gasteiger partial charge >= 0.3 is 0 Å². The molecule has 0 amide bonds. The Morgan fingerprint density at radius 3 is 2.81 bits per heavy atom. The van der Waals surface area contributed by atoms with E-state index in [1.54, 1.807) is 5.56 Å². The summed E-state index contributed by atoms with van der Waals surface area (Å²) in [4.78, 5) is 2.59. The molecule has 2 aliphatic heterocycles. The molecule has 2 atom stereocenters. The van der Waals surface area contributed by atoms with Gasteiger partial charge in [0.2, 0.25) is 0 Å². The highest BCUT2D eigenvalue weighted by Gasteiger charge is 2.33. The minimum absolute atomic E-state index is 0.649. The van der Waals surface area contributed by atoms with Crippen molar-refractivity contribution in [1.29, 1.82) is 0 Å². The monoisotopic (exact) mass is 360 g/mol. The van der Waals surface area contributed by atoms with Crippen LogP contribution in [0.15, 0.2) is 42.5 Å². The number of aromatic nitrogens is 1. The van der Waals surface area contributed by atoms with Crippen molar-refractivity contribution in [3.05, 3.63) is 69.9 Å². The second kappa shape index (κ2) is 6.20. The van der Waals surface area contributed by atoms with E-state index in [0.717, 1.165) is 17.1 Å². The SMILES string of the molecule is Cc1ccc2c(c1)c1c(n2C#Cc2ccc(Cl)cc2)CN2CCCC1C2. The molecule has 1 fully saturated rings. The molecule has 3 aromatic rings. The number of fused-ring (bicyclic) bond motifs is 6. The van der Waals surface area contributed by atoms with Crippen molar-refractivity contribution in [2.45, 2.75) is 32.2 Å². The Hall–Kier alpha value is -2.21. The highest BCUT2D eigenvalue weighted by Crippen LogP contribution is 2.41. The van der Waals surface area contributed by atoms with Gasteiger partial charge in [0.05, 0.1) is 11.2 Å². The van der Waals surface area contributed by atoms with E-state index < -0.39 is 0 Å². The van der Waals surface area contributed by atoms with Gasteiger partial charge in [-0.15, -0.1) is 0 Å². The maximum atomic E-state index is 5.99. The molecule has 3 heterocycles. The molecule has 0 radical (unpaired) electrons. The summed E-state index contributed by atoms with van der Waals surface area (Å²) in [5.74, 6) is 3.98.